The normalized spacial score (nSPS) is 13.6. The maximum absolute atomic E-state index is 12.9. The molecule has 1 amide bonds. The van der Waals surface area contributed by atoms with E-state index in [-0.39, 0.29) is 18.2 Å². The van der Waals surface area contributed by atoms with E-state index in [9.17, 15) is 19.8 Å². The predicted octanol–water partition coefficient (Wildman–Crippen LogP) is 4.58. The summed E-state index contributed by atoms with van der Waals surface area (Å²) in [6, 6.07) is 24.7. The summed E-state index contributed by atoms with van der Waals surface area (Å²) in [7, 11) is 0. The second-order valence-corrected chi connectivity index (χ2v) is 8.66. The topological polar surface area (TPSA) is 112 Å². The molecule has 4 aromatic rings. The van der Waals surface area contributed by atoms with Crippen molar-refractivity contribution in [3.63, 3.8) is 0 Å². The number of pyridine rings is 1. The van der Waals surface area contributed by atoms with Gasteiger partial charge in [0.2, 0.25) is 0 Å². The molecule has 4 rings (SSSR count). The lowest BCUT2D eigenvalue weighted by Crippen LogP contribution is -2.47. The van der Waals surface area contributed by atoms with E-state index in [0.717, 1.165) is 22.0 Å². The van der Waals surface area contributed by atoms with Gasteiger partial charge in [0.05, 0.1) is 11.1 Å². The number of hydrogen-bond acceptors (Lipinski definition) is 5. The molecule has 0 aliphatic rings. The first kappa shape index (κ1) is 25.0. The Morgan fingerprint density at radius 1 is 0.917 bits per heavy atom. The number of aliphatic hydroxyl groups excluding tert-OH is 1. The van der Waals surface area contributed by atoms with E-state index in [4.69, 9.17) is 0 Å². The van der Waals surface area contributed by atoms with Gasteiger partial charge in [-0.3, -0.25) is 19.9 Å². The number of aliphatic hydroxyl groups is 1. The van der Waals surface area contributed by atoms with Gasteiger partial charge in [-0.25, -0.2) is 0 Å². The number of rotatable bonds is 10. The van der Waals surface area contributed by atoms with Gasteiger partial charge in [-0.2, -0.15) is 0 Å². The van der Waals surface area contributed by atoms with Gasteiger partial charge in [-0.15, -0.1) is 0 Å². The fourth-order valence-corrected chi connectivity index (χ4v) is 4.33. The summed E-state index contributed by atoms with van der Waals surface area (Å²) < 4.78 is 0. The van der Waals surface area contributed by atoms with Gasteiger partial charge in [0.25, 0.3) is 5.91 Å². The van der Waals surface area contributed by atoms with Crippen molar-refractivity contribution < 1.29 is 19.8 Å². The minimum absolute atomic E-state index is 0.181. The molecule has 4 N–H and O–H groups in total. The molecule has 7 heteroatoms. The first-order chi connectivity index (χ1) is 17.5. The molecule has 1 aromatic heterocycles. The van der Waals surface area contributed by atoms with Crippen LogP contribution in [0.5, 0.6) is 0 Å². The molecule has 0 aliphatic carbocycles. The van der Waals surface area contributed by atoms with Crippen molar-refractivity contribution in [1.29, 1.82) is 0 Å². The molecular weight excluding hydrogens is 454 g/mol. The zero-order chi connectivity index (χ0) is 25.5. The number of carbonyl (C=O) groups is 2. The minimum Gasteiger partial charge on any atom is -0.480 e. The van der Waals surface area contributed by atoms with Crippen LogP contribution in [-0.2, 0) is 11.2 Å². The van der Waals surface area contributed by atoms with E-state index in [2.05, 4.69) is 15.6 Å². The van der Waals surface area contributed by atoms with Crippen LogP contribution in [0.3, 0.4) is 0 Å². The molecule has 0 bridgehead atoms. The van der Waals surface area contributed by atoms with Gasteiger partial charge in [0.15, 0.2) is 0 Å². The number of para-hydroxylation sites is 1. The molecule has 0 saturated carbocycles. The Morgan fingerprint density at radius 3 is 2.31 bits per heavy atom. The molecule has 3 atom stereocenters. The number of nitrogens with zero attached hydrogens (tertiary/aromatic N) is 1. The number of carboxylic acid groups (broad SMARTS) is 1. The molecule has 36 heavy (non-hydrogen) atoms. The molecule has 1 heterocycles. The van der Waals surface area contributed by atoms with E-state index in [0.29, 0.717) is 17.7 Å². The maximum atomic E-state index is 12.9. The third-order valence-corrected chi connectivity index (χ3v) is 6.26. The fraction of sp³-hybridized carbons (Fsp3) is 0.207. The van der Waals surface area contributed by atoms with Crippen molar-refractivity contribution in [2.75, 3.05) is 5.32 Å². The number of anilines is 1. The zero-order valence-corrected chi connectivity index (χ0v) is 20.0. The number of nitrogens with one attached hydrogen (secondary N) is 2. The molecule has 0 aliphatic heterocycles. The van der Waals surface area contributed by atoms with E-state index >= 15 is 0 Å². The highest BCUT2D eigenvalue weighted by Crippen LogP contribution is 2.23. The van der Waals surface area contributed by atoms with Crippen LogP contribution in [0.4, 0.5) is 5.69 Å². The van der Waals surface area contributed by atoms with Gasteiger partial charge in [0, 0.05) is 23.2 Å². The Morgan fingerprint density at radius 2 is 1.61 bits per heavy atom. The average molecular weight is 484 g/mol. The van der Waals surface area contributed by atoms with E-state index in [1.165, 1.54) is 0 Å². The lowest BCUT2D eigenvalue weighted by atomic mass is 9.94. The van der Waals surface area contributed by atoms with Gasteiger partial charge in [0.1, 0.15) is 12.3 Å². The van der Waals surface area contributed by atoms with Gasteiger partial charge in [-0.1, -0.05) is 67.6 Å². The van der Waals surface area contributed by atoms with Gasteiger partial charge >= 0.3 is 5.97 Å². The molecule has 0 saturated heterocycles. The number of hydrogen-bond donors (Lipinski definition) is 4. The van der Waals surface area contributed by atoms with Crippen molar-refractivity contribution in [3.05, 3.63) is 108 Å². The highest BCUT2D eigenvalue weighted by Gasteiger charge is 2.26. The molecule has 3 unspecified atom stereocenters. The molecular formula is C29H29N3O4. The van der Waals surface area contributed by atoms with Crippen LogP contribution in [-0.4, -0.2) is 39.3 Å². The van der Waals surface area contributed by atoms with Crippen molar-refractivity contribution in [2.45, 2.75) is 38.0 Å². The Bertz CT molecular complexity index is 1320. The molecule has 7 nitrogen and oxygen atoms in total. The lowest BCUT2D eigenvalue weighted by Gasteiger charge is -2.26. The summed E-state index contributed by atoms with van der Waals surface area (Å²) in [5.41, 5.74) is 3.58. The predicted molar refractivity (Wildman–Crippen MR) is 140 cm³/mol. The molecule has 0 radical (unpaired) electrons. The van der Waals surface area contributed by atoms with Crippen molar-refractivity contribution in [2.24, 2.45) is 0 Å². The SMILES string of the molecule is CCC(c1ccccc1)C(O)NC(Cc1ccc(NC(=O)c2ccnc3ccccc23)cc1)C(=O)O. The van der Waals surface area contributed by atoms with Crippen LogP contribution in [0.1, 0.15) is 40.7 Å². The number of aliphatic carboxylic acids is 1. The third-order valence-electron chi connectivity index (χ3n) is 6.26. The fourth-order valence-electron chi connectivity index (χ4n) is 4.33. The number of carbonyl (C=O) groups excluding carboxylic acids is 1. The Labute approximate surface area is 209 Å². The highest BCUT2D eigenvalue weighted by molar-refractivity contribution is 6.12. The Kier molecular flexibility index (Phi) is 8.05. The van der Waals surface area contributed by atoms with Crippen LogP contribution in [0.2, 0.25) is 0 Å². The summed E-state index contributed by atoms with van der Waals surface area (Å²) in [6.07, 6.45) is 1.44. The van der Waals surface area contributed by atoms with Crippen LogP contribution in [0.25, 0.3) is 10.9 Å². The molecule has 0 spiro atoms. The van der Waals surface area contributed by atoms with Crippen molar-refractivity contribution in [3.8, 4) is 0 Å². The number of benzene rings is 3. The summed E-state index contributed by atoms with van der Waals surface area (Å²) in [6.45, 7) is 1.96. The number of carboxylic acids is 1. The smallest absolute Gasteiger partial charge is 0.321 e. The first-order valence-corrected chi connectivity index (χ1v) is 11.9. The van der Waals surface area contributed by atoms with Crippen LogP contribution in [0, 0.1) is 0 Å². The first-order valence-electron chi connectivity index (χ1n) is 11.9. The third kappa shape index (κ3) is 5.94. The van der Waals surface area contributed by atoms with Crippen LogP contribution >= 0.6 is 0 Å². The standard InChI is InChI=1S/C29H29N3O4/c1-2-22(20-8-4-3-5-9-20)27(33)32-26(29(35)36)18-19-12-14-21(15-13-19)31-28(34)24-16-17-30-25-11-7-6-10-23(24)25/h3-17,22,26-27,32-33H,2,18H2,1H3,(H,31,34)(H,35,36). The zero-order valence-electron chi connectivity index (χ0n) is 20.0. The summed E-state index contributed by atoms with van der Waals surface area (Å²) in [5.74, 6) is -1.52. The maximum Gasteiger partial charge on any atom is 0.321 e. The quantitative estimate of drug-likeness (QED) is 0.246. The largest absolute Gasteiger partial charge is 0.480 e. The molecule has 3 aromatic carbocycles. The lowest BCUT2D eigenvalue weighted by molar-refractivity contribution is -0.140. The Hall–Kier alpha value is -4.07. The number of aromatic nitrogens is 1. The summed E-state index contributed by atoms with van der Waals surface area (Å²) in [5, 5.41) is 27.1. The van der Waals surface area contributed by atoms with E-state index < -0.39 is 18.2 Å². The monoisotopic (exact) mass is 483 g/mol. The highest BCUT2D eigenvalue weighted by atomic mass is 16.4. The summed E-state index contributed by atoms with van der Waals surface area (Å²) >= 11 is 0. The van der Waals surface area contributed by atoms with Crippen LogP contribution in [0.15, 0.2) is 91.1 Å². The molecule has 0 fully saturated rings. The van der Waals surface area contributed by atoms with E-state index in [1.807, 2.05) is 61.5 Å². The summed E-state index contributed by atoms with van der Waals surface area (Å²) in [4.78, 5) is 29.1. The second kappa shape index (κ2) is 11.6. The Balaban J connectivity index is 1.42. The van der Waals surface area contributed by atoms with Crippen molar-refractivity contribution >= 4 is 28.5 Å². The van der Waals surface area contributed by atoms with Gasteiger partial charge < -0.3 is 15.5 Å². The van der Waals surface area contributed by atoms with Crippen molar-refractivity contribution in [1.82, 2.24) is 10.3 Å². The van der Waals surface area contributed by atoms with Gasteiger partial charge in [-0.05, 0) is 48.2 Å². The van der Waals surface area contributed by atoms with Crippen LogP contribution < -0.4 is 10.6 Å². The average Bonchev–Trinajstić information content (AvgIpc) is 2.90. The van der Waals surface area contributed by atoms with E-state index in [1.54, 1.807) is 36.5 Å². The molecule has 184 valence electrons. The minimum atomic E-state index is -1.04. The number of amides is 1. The second-order valence-electron chi connectivity index (χ2n) is 8.66. The number of fused-ring (bicyclic) bond motifs is 1.